The predicted molar refractivity (Wildman–Crippen MR) is 122 cm³/mol. The van der Waals surface area contributed by atoms with E-state index in [0.717, 1.165) is 28.5 Å². The first-order chi connectivity index (χ1) is 15.0. The smallest absolute Gasteiger partial charge is 0.325 e. The van der Waals surface area contributed by atoms with Gasteiger partial charge in [0.25, 0.3) is 0 Å². The summed E-state index contributed by atoms with van der Waals surface area (Å²) >= 11 is 5.63. The molecule has 2 atom stereocenters. The van der Waals surface area contributed by atoms with E-state index in [0.29, 0.717) is 11.7 Å². The molecular weight excluding hydrogens is 410 g/mol. The van der Waals surface area contributed by atoms with Crippen molar-refractivity contribution in [3.05, 3.63) is 77.5 Å². The minimum atomic E-state index is -0.308. The minimum absolute atomic E-state index is 0.0704. The first-order valence-corrected chi connectivity index (χ1v) is 10.7. The van der Waals surface area contributed by atoms with Crippen LogP contribution in [0, 0.1) is 13.8 Å². The normalized spacial score (nSPS) is 18.2. The molecule has 8 heteroatoms. The van der Waals surface area contributed by atoms with Crippen LogP contribution in [0.25, 0.3) is 5.82 Å². The van der Waals surface area contributed by atoms with Crippen molar-refractivity contribution >= 4 is 23.3 Å². The van der Waals surface area contributed by atoms with E-state index in [4.69, 9.17) is 17.0 Å². The first-order valence-electron chi connectivity index (χ1n) is 10.2. The fourth-order valence-corrected chi connectivity index (χ4v) is 4.49. The molecule has 31 heavy (non-hydrogen) atoms. The Morgan fingerprint density at radius 3 is 2.55 bits per heavy atom. The van der Waals surface area contributed by atoms with E-state index in [9.17, 15) is 4.79 Å². The van der Waals surface area contributed by atoms with E-state index >= 15 is 0 Å². The van der Waals surface area contributed by atoms with Gasteiger partial charge in [0.05, 0.1) is 24.4 Å². The van der Waals surface area contributed by atoms with Crippen molar-refractivity contribution in [2.75, 3.05) is 13.2 Å². The summed E-state index contributed by atoms with van der Waals surface area (Å²) in [7, 11) is 0. The monoisotopic (exact) mass is 435 g/mol. The van der Waals surface area contributed by atoms with Gasteiger partial charge in [-0.25, -0.2) is 4.98 Å². The van der Waals surface area contributed by atoms with Crippen molar-refractivity contribution in [2.24, 2.45) is 0 Å². The summed E-state index contributed by atoms with van der Waals surface area (Å²) in [6.07, 6.45) is 3.55. The van der Waals surface area contributed by atoms with E-state index < -0.39 is 0 Å². The Morgan fingerprint density at radius 2 is 1.90 bits per heavy atom. The highest BCUT2D eigenvalue weighted by atomic mass is 32.1. The fraction of sp³-hybridized carbons (Fsp3) is 0.304. The number of thiocarbonyl (C=S) groups is 1. The molecule has 4 rings (SSSR count). The molecule has 0 bridgehead atoms. The number of nitrogens with one attached hydrogen (secondary N) is 1. The zero-order valence-corrected chi connectivity index (χ0v) is 18.6. The summed E-state index contributed by atoms with van der Waals surface area (Å²) in [6.45, 7) is 6.32. The van der Waals surface area contributed by atoms with Gasteiger partial charge < -0.3 is 19.5 Å². The number of aryl methyl sites for hydroxylation is 1. The number of carbonyl (C=O) groups excluding carboxylic acids is 1. The number of carbonyl (C=O) groups is 1. The maximum absolute atomic E-state index is 12.4. The Hall–Kier alpha value is -3.26. The second-order valence-corrected chi connectivity index (χ2v) is 7.80. The van der Waals surface area contributed by atoms with Crippen molar-refractivity contribution in [1.82, 2.24) is 24.8 Å². The first kappa shape index (κ1) is 21.0. The van der Waals surface area contributed by atoms with Gasteiger partial charge in [-0.2, -0.15) is 0 Å². The number of esters is 1. The molecule has 3 aromatic rings. The molecule has 1 fully saturated rings. The zero-order valence-electron chi connectivity index (χ0n) is 17.8. The second kappa shape index (κ2) is 8.85. The number of pyridine rings is 2. The quantitative estimate of drug-likeness (QED) is 0.470. The van der Waals surface area contributed by atoms with Gasteiger partial charge in [0.1, 0.15) is 12.4 Å². The Bertz CT molecular complexity index is 1080. The molecule has 4 heterocycles. The van der Waals surface area contributed by atoms with Gasteiger partial charge >= 0.3 is 5.97 Å². The van der Waals surface area contributed by atoms with Gasteiger partial charge in [-0.15, -0.1) is 0 Å². The van der Waals surface area contributed by atoms with Crippen LogP contribution in [0.4, 0.5) is 0 Å². The molecule has 0 aliphatic carbocycles. The van der Waals surface area contributed by atoms with Crippen LogP contribution in [0.3, 0.4) is 0 Å². The van der Waals surface area contributed by atoms with Crippen molar-refractivity contribution < 1.29 is 9.53 Å². The van der Waals surface area contributed by atoms with Gasteiger partial charge in [0.15, 0.2) is 5.11 Å². The molecule has 0 unspecified atom stereocenters. The molecule has 160 valence electrons. The van der Waals surface area contributed by atoms with E-state index in [1.165, 1.54) is 0 Å². The van der Waals surface area contributed by atoms with Crippen molar-refractivity contribution in [1.29, 1.82) is 0 Å². The van der Waals surface area contributed by atoms with E-state index in [1.807, 2.05) is 41.3 Å². The standard InChI is InChI=1S/C23H25N5O2S/c1-4-30-20(29)14-27-22(21(26-23(27)31)18-9-5-7-11-24-18)17-13-15(2)28(16(17)3)19-10-6-8-12-25-19/h5-13,21-22H,4,14H2,1-3H3,(H,26,31)/t21-,22+/m1/s1. The van der Waals surface area contributed by atoms with E-state index in [-0.39, 0.29) is 24.6 Å². The summed E-state index contributed by atoms with van der Waals surface area (Å²) in [4.78, 5) is 23.3. The van der Waals surface area contributed by atoms with Crippen LogP contribution < -0.4 is 5.32 Å². The number of aromatic nitrogens is 3. The molecule has 1 N–H and O–H groups in total. The maximum atomic E-state index is 12.4. The number of hydrogen-bond donors (Lipinski definition) is 1. The highest BCUT2D eigenvalue weighted by Crippen LogP contribution is 2.41. The van der Waals surface area contributed by atoms with Crippen molar-refractivity contribution in [3.63, 3.8) is 0 Å². The highest BCUT2D eigenvalue weighted by Gasteiger charge is 2.42. The third kappa shape index (κ3) is 4.03. The largest absolute Gasteiger partial charge is 0.465 e. The number of nitrogens with zero attached hydrogens (tertiary/aromatic N) is 4. The molecule has 3 aromatic heterocycles. The SMILES string of the molecule is CCOC(=O)CN1C(=S)N[C@H](c2ccccn2)[C@@H]1c1cc(C)n(-c2ccccn2)c1C. The number of ether oxygens (including phenoxy) is 1. The Kier molecular flexibility index (Phi) is 5.99. The average molecular weight is 436 g/mol. The summed E-state index contributed by atoms with van der Waals surface area (Å²) in [6, 6.07) is 13.4. The van der Waals surface area contributed by atoms with Crippen LogP contribution >= 0.6 is 12.2 Å². The van der Waals surface area contributed by atoms with E-state index in [2.05, 4.69) is 39.8 Å². The minimum Gasteiger partial charge on any atom is -0.465 e. The fourth-order valence-electron chi connectivity index (χ4n) is 4.19. The lowest BCUT2D eigenvalue weighted by Gasteiger charge is -2.27. The van der Waals surface area contributed by atoms with Crippen molar-refractivity contribution in [3.8, 4) is 5.82 Å². The van der Waals surface area contributed by atoms with Crippen LogP contribution in [0.1, 0.15) is 41.7 Å². The molecule has 7 nitrogen and oxygen atoms in total. The van der Waals surface area contributed by atoms with Crippen LogP contribution in [0.2, 0.25) is 0 Å². The third-order valence-electron chi connectivity index (χ3n) is 5.47. The lowest BCUT2D eigenvalue weighted by Crippen LogP contribution is -2.35. The number of rotatable bonds is 6. The molecule has 0 radical (unpaired) electrons. The van der Waals surface area contributed by atoms with Crippen molar-refractivity contribution in [2.45, 2.75) is 32.9 Å². The molecular formula is C23H25N5O2S. The Balaban J connectivity index is 1.81. The van der Waals surface area contributed by atoms with Crippen LogP contribution in [0.5, 0.6) is 0 Å². The predicted octanol–water partition coefficient (Wildman–Crippen LogP) is 3.42. The molecule has 1 aliphatic heterocycles. The van der Waals surface area contributed by atoms with Gasteiger partial charge in [-0.05, 0) is 68.9 Å². The highest BCUT2D eigenvalue weighted by molar-refractivity contribution is 7.80. The maximum Gasteiger partial charge on any atom is 0.325 e. The summed E-state index contributed by atoms with van der Waals surface area (Å²) in [5.74, 6) is 0.542. The van der Waals surface area contributed by atoms with Gasteiger partial charge in [0, 0.05) is 23.8 Å². The molecule has 1 saturated heterocycles. The third-order valence-corrected chi connectivity index (χ3v) is 5.82. The van der Waals surface area contributed by atoms with Crippen LogP contribution in [-0.2, 0) is 9.53 Å². The number of hydrogen-bond acceptors (Lipinski definition) is 5. The Morgan fingerprint density at radius 1 is 1.16 bits per heavy atom. The average Bonchev–Trinajstić information content (AvgIpc) is 3.25. The lowest BCUT2D eigenvalue weighted by molar-refractivity contribution is -0.143. The van der Waals surface area contributed by atoms with Gasteiger partial charge in [-0.3, -0.25) is 9.78 Å². The topological polar surface area (TPSA) is 72.3 Å². The Labute approximate surface area is 187 Å². The van der Waals surface area contributed by atoms with E-state index in [1.54, 1.807) is 19.3 Å². The van der Waals surface area contributed by atoms with Crippen LogP contribution in [-0.4, -0.2) is 43.7 Å². The van der Waals surface area contributed by atoms with Crippen LogP contribution in [0.15, 0.2) is 54.9 Å². The molecule has 0 aromatic carbocycles. The zero-order chi connectivity index (χ0) is 22.0. The second-order valence-electron chi connectivity index (χ2n) is 7.41. The lowest BCUT2D eigenvalue weighted by atomic mass is 9.97. The van der Waals surface area contributed by atoms with Gasteiger partial charge in [-0.1, -0.05) is 12.1 Å². The summed E-state index contributed by atoms with van der Waals surface area (Å²) < 4.78 is 7.33. The summed E-state index contributed by atoms with van der Waals surface area (Å²) in [5.41, 5.74) is 4.03. The van der Waals surface area contributed by atoms with Gasteiger partial charge in [0.2, 0.25) is 0 Å². The molecule has 0 saturated carbocycles. The molecule has 0 amide bonds. The molecule has 1 aliphatic rings. The molecule has 0 spiro atoms. The summed E-state index contributed by atoms with van der Waals surface area (Å²) in [5, 5.41) is 3.88.